The second-order valence-corrected chi connectivity index (χ2v) is 2.52. The quantitative estimate of drug-likeness (QED) is 0.426. The third-order valence-electron chi connectivity index (χ3n) is 1.51. The number of hydrogen-bond acceptors (Lipinski definition) is 0. The molecule has 0 unspecified atom stereocenters. The minimum absolute atomic E-state index is 0. The summed E-state index contributed by atoms with van der Waals surface area (Å²) in [7, 11) is 0. The zero-order valence-corrected chi connectivity index (χ0v) is 16.3. The van der Waals surface area contributed by atoms with Crippen LogP contribution in [0.25, 0.3) is 0 Å². The van der Waals surface area contributed by atoms with Crippen LogP contribution in [0.15, 0.2) is 60.8 Å². The van der Waals surface area contributed by atoms with Gasteiger partial charge in [-0.05, 0) is 0 Å². The summed E-state index contributed by atoms with van der Waals surface area (Å²) in [5.74, 6) is 0. The maximum atomic E-state index is 3.72. The van der Waals surface area contributed by atoms with Crippen LogP contribution >= 0.6 is 0 Å². The largest absolute Gasteiger partial charge is 0.226 e. The molecule has 0 nitrogen and oxygen atoms in total. The molecule has 19 heavy (non-hydrogen) atoms. The molecule has 0 saturated heterocycles. The van der Waals surface area contributed by atoms with Crippen LogP contribution in [0.3, 0.4) is 0 Å². The van der Waals surface area contributed by atoms with Gasteiger partial charge in [-0.25, -0.2) is 11.1 Å². The molecule has 0 rings (SSSR count). The Morgan fingerprint density at radius 1 is 0.737 bits per heavy atom. The van der Waals surface area contributed by atoms with Crippen LogP contribution in [0.1, 0.15) is 41.5 Å². The Bertz CT molecular complexity index is 270. The van der Waals surface area contributed by atoms with Crippen molar-refractivity contribution in [2.75, 3.05) is 0 Å². The third-order valence-corrected chi connectivity index (χ3v) is 1.51. The summed E-state index contributed by atoms with van der Waals surface area (Å²) < 4.78 is 0. The van der Waals surface area contributed by atoms with E-state index in [1.165, 1.54) is 0 Å². The number of allylic oxidation sites excluding steroid dienone is 10. The van der Waals surface area contributed by atoms with Crippen molar-refractivity contribution < 1.29 is 32.7 Å². The fourth-order valence-electron chi connectivity index (χ4n) is 0.839. The second-order valence-electron chi connectivity index (χ2n) is 2.52. The molecule has 0 amide bonds. The van der Waals surface area contributed by atoms with Crippen molar-refractivity contribution >= 4 is 0 Å². The van der Waals surface area contributed by atoms with E-state index in [-0.39, 0.29) is 32.7 Å². The summed E-state index contributed by atoms with van der Waals surface area (Å²) >= 11 is 0. The predicted octanol–water partition coefficient (Wildman–Crippen LogP) is 6.02. The molecule has 0 spiro atoms. The summed E-state index contributed by atoms with van der Waals surface area (Å²) in [5, 5.41) is 0. The van der Waals surface area contributed by atoms with E-state index in [1.807, 2.05) is 65.8 Å². The molecule has 0 heterocycles. The average molecular weight is 333 g/mol. The summed E-state index contributed by atoms with van der Waals surface area (Å²) in [5.41, 5.74) is 1.80. The van der Waals surface area contributed by atoms with E-state index in [4.69, 9.17) is 0 Å². The van der Waals surface area contributed by atoms with Crippen LogP contribution in [-0.4, -0.2) is 0 Å². The zero-order valence-electron chi connectivity index (χ0n) is 13.5. The van der Waals surface area contributed by atoms with E-state index >= 15 is 0 Å². The van der Waals surface area contributed by atoms with Crippen LogP contribution in [0.5, 0.6) is 0 Å². The van der Waals surface area contributed by atoms with Crippen LogP contribution in [0, 0.1) is 12.2 Å². The Morgan fingerprint density at radius 2 is 1.00 bits per heavy atom. The second kappa shape index (κ2) is 26.2. The van der Waals surface area contributed by atoms with E-state index in [9.17, 15) is 0 Å². The summed E-state index contributed by atoms with van der Waals surface area (Å²) in [4.78, 5) is 0. The molecule has 0 aromatic carbocycles. The minimum atomic E-state index is 0. The molecule has 0 aliphatic carbocycles. The molecule has 0 saturated carbocycles. The van der Waals surface area contributed by atoms with Crippen LogP contribution in [0.4, 0.5) is 0 Å². The predicted molar refractivity (Wildman–Crippen MR) is 86.2 cm³/mol. The molecule has 0 aliphatic rings. The van der Waals surface area contributed by atoms with Crippen LogP contribution < -0.4 is 0 Å². The van der Waals surface area contributed by atoms with Gasteiger partial charge in [-0.1, -0.05) is 41.5 Å². The Labute approximate surface area is 146 Å². The molecule has 0 atom stereocenters. The van der Waals surface area contributed by atoms with Gasteiger partial charge in [0.1, 0.15) is 0 Å². The van der Waals surface area contributed by atoms with Crippen molar-refractivity contribution in [1.82, 2.24) is 0 Å². The molecule has 0 fully saturated rings. The Hall–Kier alpha value is -0.456. The summed E-state index contributed by atoms with van der Waals surface area (Å²) in [6.45, 7) is 19.3. The van der Waals surface area contributed by atoms with E-state index in [0.29, 0.717) is 0 Å². The van der Waals surface area contributed by atoms with E-state index < -0.39 is 0 Å². The average Bonchev–Trinajstić information content (AvgIpc) is 2.47. The summed E-state index contributed by atoms with van der Waals surface area (Å²) in [6, 6.07) is 0. The SMILES string of the molecule is C=CC(=[C-]/C=C\C)C(=[C-]/C=C\C)C=C.CC.CC.[Y]. The zero-order chi connectivity index (χ0) is 14.8. The van der Waals surface area contributed by atoms with Gasteiger partial charge in [-0.2, -0.15) is 48.6 Å². The normalized spacial score (nSPS) is 10.8. The smallest absolute Gasteiger partial charge is 0 e. The van der Waals surface area contributed by atoms with Gasteiger partial charge in [-0.3, -0.25) is 0 Å². The Balaban J connectivity index is -0.000000204. The molecular formula is C18H28Y-2. The van der Waals surface area contributed by atoms with Crippen molar-refractivity contribution in [2.24, 2.45) is 0 Å². The Morgan fingerprint density at radius 3 is 1.16 bits per heavy atom. The standard InChI is InChI=1S/C14H16.2C2H6.Y/c1-5-9-11-13(7-3)14(8-4)12-10-6-2;2*1-2;/h5-10H,3-4H2,1-2H3;2*1-2H3;/q-2;;;/b9-5-,10-6-;;;. The molecule has 1 radical (unpaired) electrons. The van der Waals surface area contributed by atoms with Crippen LogP contribution in [-0.2, 0) is 32.7 Å². The van der Waals surface area contributed by atoms with E-state index in [1.54, 1.807) is 12.2 Å². The van der Waals surface area contributed by atoms with Gasteiger partial charge in [-0.15, -0.1) is 13.2 Å². The van der Waals surface area contributed by atoms with E-state index in [0.717, 1.165) is 11.1 Å². The fourth-order valence-corrected chi connectivity index (χ4v) is 0.839. The maximum Gasteiger partial charge on any atom is 0 e. The third kappa shape index (κ3) is 17.5. The van der Waals surface area contributed by atoms with Crippen molar-refractivity contribution in [3.05, 3.63) is 72.9 Å². The van der Waals surface area contributed by atoms with Gasteiger partial charge in [0, 0.05) is 32.7 Å². The fraction of sp³-hybridized carbons (Fsp3) is 0.333. The van der Waals surface area contributed by atoms with Gasteiger partial charge in [0.25, 0.3) is 0 Å². The maximum absolute atomic E-state index is 3.72. The van der Waals surface area contributed by atoms with Gasteiger partial charge >= 0.3 is 0 Å². The minimum Gasteiger partial charge on any atom is -0.226 e. The van der Waals surface area contributed by atoms with Crippen molar-refractivity contribution in [2.45, 2.75) is 41.5 Å². The van der Waals surface area contributed by atoms with Crippen molar-refractivity contribution in [3.63, 3.8) is 0 Å². The van der Waals surface area contributed by atoms with Gasteiger partial charge in [0.2, 0.25) is 0 Å². The monoisotopic (exact) mass is 333 g/mol. The molecule has 0 aromatic rings. The topological polar surface area (TPSA) is 0 Å². The van der Waals surface area contributed by atoms with Crippen molar-refractivity contribution in [1.29, 1.82) is 0 Å². The first kappa shape index (κ1) is 27.0. The first-order valence-electron chi connectivity index (χ1n) is 6.54. The first-order chi connectivity index (χ1) is 8.79. The van der Waals surface area contributed by atoms with Gasteiger partial charge < -0.3 is 0 Å². The van der Waals surface area contributed by atoms with Crippen molar-refractivity contribution in [3.8, 4) is 0 Å². The number of hydrogen-bond donors (Lipinski definition) is 0. The Kier molecular flexibility index (Phi) is 37.2. The molecule has 0 aliphatic heterocycles. The molecule has 105 valence electrons. The molecule has 1 heteroatoms. The number of rotatable bonds is 5. The van der Waals surface area contributed by atoms with Gasteiger partial charge in [0.15, 0.2) is 0 Å². The van der Waals surface area contributed by atoms with Gasteiger partial charge in [0.05, 0.1) is 0 Å². The van der Waals surface area contributed by atoms with Crippen LogP contribution in [0.2, 0.25) is 0 Å². The summed E-state index contributed by atoms with van der Waals surface area (Å²) in [6.07, 6.45) is 17.2. The molecular weight excluding hydrogens is 305 g/mol. The molecule has 0 aromatic heterocycles. The van der Waals surface area contributed by atoms with E-state index in [2.05, 4.69) is 25.3 Å². The molecule has 0 bridgehead atoms. The molecule has 0 N–H and O–H groups in total. The first-order valence-corrected chi connectivity index (χ1v) is 6.54.